The summed E-state index contributed by atoms with van der Waals surface area (Å²) in [6.07, 6.45) is 1.28. The minimum atomic E-state index is -1.29. The second-order valence-corrected chi connectivity index (χ2v) is 9.28. The van der Waals surface area contributed by atoms with Gasteiger partial charge in [0, 0.05) is 12.8 Å². The molecule has 3 amide bonds. The van der Waals surface area contributed by atoms with Crippen LogP contribution >= 0.6 is 0 Å². The minimum Gasteiger partial charge on any atom is -0.508 e. The van der Waals surface area contributed by atoms with E-state index in [0.717, 1.165) is 6.42 Å². The summed E-state index contributed by atoms with van der Waals surface area (Å²) in [6, 6.07) is 1.82. The average molecular weight is 521 g/mol. The Morgan fingerprint density at radius 3 is 2.22 bits per heavy atom. The van der Waals surface area contributed by atoms with Gasteiger partial charge in [-0.05, 0) is 49.4 Å². The van der Waals surface area contributed by atoms with Crippen LogP contribution in [0, 0.1) is 5.92 Å². The summed E-state index contributed by atoms with van der Waals surface area (Å²) in [5.41, 5.74) is 0.576. The summed E-state index contributed by atoms with van der Waals surface area (Å²) < 4.78 is 0. The van der Waals surface area contributed by atoms with Crippen molar-refractivity contribution >= 4 is 29.7 Å². The van der Waals surface area contributed by atoms with Crippen molar-refractivity contribution in [2.24, 2.45) is 5.92 Å². The molecule has 1 aromatic carbocycles. The maximum absolute atomic E-state index is 13.1. The van der Waals surface area contributed by atoms with Gasteiger partial charge < -0.3 is 36.6 Å². The van der Waals surface area contributed by atoms with E-state index in [9.17, 15) is 34.2 Å². The maximum Gasteiger partial charge on any atom is 0.326 e. The van der Waals surface area contributed by atoms with Crippen LogP contribution in [0.15, 0.2) is 24.3 Å². The molecule has 204 valence electrons. The summed E-state index contributed by atoms with van der Waals surface area (Å²) in [5, 5.41) is 38.8. The van der Waals surface area contributed by atoms with E-state index in [1.165, 1.54) is 12.1 Å². The van der Waals surface area contributed by atoms with Crippen molar-refractivity contribution in [3.05, 3.63) is 29.8 Å². The summed E-state index contributed by atoms with van der Waals surface area (Å²) in [5.74, 6) is -4.64. The first kappa shape index (κ1) is 29.6. The van der Waals surface area contributed by atoms with Crippen LogP contribution in [0.2, 0.25) is 0 Å². The van der Waals surface area contributed by atoms with Crippen LogP contribution in [-0.4, -0.2) is 75.7 Å². The number of aliphatic carboxylic acids is 2. The first-order valence-corrected chi connectivity index (χ1v) is 12.4. The topological polar surface area (TPSA) is 194 Å². The molecule has 0 aliphatic carbocycles. The molecule has 12 nitrogen and oxygen atoms in total. The number of phenols is 1. The fourth-order valence-corrected chi connectivity index (χ4v) is 4.00. The molecule has 1 aromatic rings. The molecule has 1 saturated heterocycles. The van der Waals surface area contributed by atoms with Crippen molar-refractivity contribution < 1.29 is 39.3 Å². The van der Waals surface area contributed by atoms with Gasteiger partial charge in [0.05, 0.1) is 6.04 Å². The Morgan fingerprint density at radius 2 is 1.68 bits per heavy atom. The number of benzene rings is 1. The second-order valence-electron chi connectivity index (χ2n) is 9.28. The number of hydrogen-bond acceptors (Lipinski definition) is 7. The molecule has 0 aromatic heterocycles. The number of carboxylic acid groups (broad SMARTS) is 2. The van der Waals surface area contributed by atoms with E-state index in [-0.39, 0.29) is 30.9 Å². The zero-order valence-corrected chi connectivity index (χ0v) is 21.0. The van der Waals surface area contributed by atoms with E-state index in [1.807, 2.05) is 0 Å². The largest absolute Gasteiger partial charge is 0.508 e. The van der Waals surface area contributed by atoms with Crippen LogP contribution in [0.1, 0.15) is 51.5 Å². The van der Waals surface area contributed by atoms with E-state index in [0.29, 0.717) is 24.9 Å². The van der Waals surface area contributed by atoms with Gasteiger partial charge >= 0.3 is 11.9 Å². The fourth-order valence-electron chi connectivity index (χ4n) is 4.00. The average Bonchev–Trinajstić information content (AvgIpc) is 3.40. The number of phenolic OH excluding ortho intramolecular Hbond substituents is 1. The van der Waals surface area contributed by atoms with Crippen molar-refractivity contribution in [1.82, 2.24) is 21.3 Å². The highest BCUT2D eigenvalue weighted by molar-refractivity contribution is 5.94. The van der Waals surface area contributed by atoms with Crippen molar-refractivity contribution in [3.63, 3.8) is 0 Å². The molecule has 1 fully saturated rings. The molecule has 5 unspecified atom stereocenters. The molecule has 1 aliphatic heterocycles. The highest BCUT2D eigenvalue weighted by Crippen LogP contribution is 2.14. The number of nitrogens with one attached hydrogen (secondary N) is 4. The van der Waals surface area contributed by atoms with Crippen molar-refractivity contribution in [3.8, 4) is 5.75 Å². The zero-order chi connectivity index (χ0) is 27.5. The summed E-state index contributed by atoms with van der Waals surface area (Å²) >= 11 is 0. The first-order chi connectivity index (χ1) is 17.5. The lowest BCUT2D eigenvalue weighted by Gasteiger charge is -2.28. The maximum atomic E-state index is 13.1. The van der Waals surface area contributed by atoms with Gasteiger partial charge in [0.25, 0.3) is 0 Å². The Hall–Kier alpha value is -3.67. The SMILES string of the molecule is CCC(C)C(NC(=O)C(CCC(=O)O)NC(=O)C1CCCN1)C(=O)NC(Cc1ccc(O)cc1)C(=O)O. The fraction of sp³-hybridized carbons (Fsp3) is 0.560. The van der Waals surface area contributed by atoms with Crippen LogP contribution in [0.5, 0.6) is 5.75 Å². The van der Waals surface area contributed by atoms with E-state index < -0.39 is 53.8 Å². The Morgan fingerprint density at radius 1 is 1.00 bits per heavy atom. The van der Waals surface area contributed by atoms with Gasteiger partial charge in [0.1, 0.15) is 23.9 Å². The van der Waals surface area contributed by atoms with Crippen molar-refractivity contribution in [1.29, 1.82) is 0 Å². The third-order valence-electron chi connectivity index (χ3n) is 6.44. The normalized spacial score (nSPS) is 18.2. The molecule has 1 aliphatic rings. The van der Waals surface area contributed by atoms with Gasteiger partial charge in [-0.3, -0.25) is 19.2 Å². The second kappa shape index (κ2) is 14.2. The van der Waals surface area contributed by atoms with Crippen LogP contribution < -0.4 is 21.3 Å². The Kier molecular flexibility index (Phi) is 11.3. The molecule has 7 N–H and O–H groups in total. The molecule has 12 heteroatoms. The highest BCUT2D eigenvalue weighted by Gasteiger charge is 2.33. The van der Waals surface area contributed by atoms with E-state index in [1.54, 1.807) is 26.0 Å². The van der Waals surface area contributed by atoms with Gasteiger partial charge in [0.15, 0.2) is 0 Å². The molecular weight excluding hydrogens is 484 g/mol. The standard InChI is InChI=1S/C25H36N4O8/c1-3-14(2)21(24(35)28-19(25(36)37)13-15-6-8-16(30)9-7-15)29-23(34)18(10-11-20(31)32)27-22(33)17-5-4-12-26-17/h6-9,14,17-19,21,26,30H,3-5,10-13H2,1-2H3,(H,27,33)(H,28,35)(H,29,34)(H,31,32)(H,36,37). The number of carboxylic acids is 2. The van der Waals surface area contributed by atoms with E-state index >= 15 is 0 Å². The summed E-state index contributed by atoms with van der Waals surface area (Å²) in [7, 11) is 0. The number of aromatic hydroxyl groups is 1. The molecule has 1 heterocycles. The monoisotopic (exact) mass is 520 g/mol. The van der Waals surface area contributed by atoms with E-state index in [4.69, 9.17) is 5.11 Å². The van der Waals surface area contributed by atoms with Crippen LogP contribution in [-0.2, 0) is 30.4 Å². The third kappa shape index (κ3) is 9.37. The number of rotatable bonds is 14. The molecule has 2 rings (SSSR count). The molecule has 37 heavy (non-hydrogen) atoms. The molecule has 0 spiro atoms. The number of carbonyl (C=O) groups excluding carboxylic acids is 3. The highest BCUT2D eigenvalue weighted by atomic mass is 16.4. The molecule has 0 bridgehead atoms. The van der Waals surface area contributed by atoms with Gasteiger partial charge in [-0.1, -0.05) is 32.4 Å². The lowest BCUT2D eigenvalue weighted by molar-refractivity contribution is -0.142. The van der Waals surface area contributed by atoms with Gasteiger partial charge in [0.2, 0.25) is 17.7 Å². The minimum absolute atomic E-state index is 0.0208. The first-order valence-electron chi connectivity index (χ1n) is 12.4. The zero-order valence-electron chi connectivity index (χ0n) is 21.0. The quantitative estimate of drug-likeness (QED) is 0.178. The predicted molar refractivity (Wildman–Crippen MR) is 133 cm³/mol. The summed E-state index contributed by atoms with van der Waals surface area (Å²) in [6.45, 7) is 4.18. The lowest BCUT2D eigenvalue weighted by Crippen LogP contribution is -2.58. The van der Waals surface area contributed by atoms with Gasteiger partial charge in [-0.2, -0.15) is 0 Å². The van der Waals surface area contributed by atoms with Crippen molar-refractivity contribution in [2.45, 2.75) is 76.5 Å². The van der Waals surface area contributed by atoms with Crippen LogP contribution in [0.3, 0.4) is 0 Å². The molecule has 0 radical (unpaired) electrons. The number of hydrogen-bond donors (Lipinski definition) is 7. The van der Waals surface area contributed by atoms with Gasteiger partial charge in [-0.15, -0.1) is 0 Å². The predicted octanol–water partition coefficient (Wildman–Crippen LogP) is 0.137. The van der Waals surface area contributed by atoms with Crippen LogP contribution in [0.4, 0.5) is 0 Å². The Balaban J connectivity index is 2.14. The van der Waals surface area contributed by atoms with Crippen LogP contribution in [0.25, 0.3) is 0 Å². The number of carbonyl (C=O) groups is 5. The lowest BCUT2D eigenvalue weighted by atomic mass is 9.96. The smallest absolute Gasteiger partial charge is 0.326 e. The van der Waals surface area contributed by atoms with Gasteiger partial charge in [-0.25, -0.2) is 4.79 Å². The third-order valence-corrected chi connectivity index (χ3v) is 6.44. The van der Waals surface area contributed by atoms with E-state index in [2.05, 4.69) is 21.3 Å². The molecular formula is C25H36N4O8. The molecule has 0 saturated carbocycles. The van der Waals surface area contributed by atoms with Crippen molar-refractivity contribution in [2.75, 3.05) is 6.54 Å². The Bertz CT molecular complexity index is 962. The number of amides is 3. The Labute approximate surface area is 215 Å². The summed E-state index contributed by atoms with van der Waals surface area (Å²) in [4.78, 5) is 61.8. The molecule has 5 atom stereocenters.